The molecule has 0 aliphatic heterocycles. The van der Waals surface area contributed by atoms with E-state index in [-0.39, 0.29) is 5.54 Å². The molecule has 0 bridgehead atoms. The van der Waals surface area contributed by atoms with Gasteiger partial charge in [-0.25, -0.2) is 0 Å². The second-order valence-corrected chi connectivity index (χ2v) is 5.78. The van der Waals surface area contributed by atoms with Crippen molar-refractivity contribution < 1.29 is 0 Å². The van der Waals surface area contributed by atoms with Crippen LogP contribution >= 0.6 is 0 Å². The summed E-state index contributed by atoms with van der Waals surface area (Å²) in [5.74, 6) is 0.799. The van der Waals surface area contributed by atoms with Gasteiger partial charge in [-0.3, -0.25) is 4.68 Å². The van der Waals surface area contributed by atoms with Gasteiger partial charge in [0.1, 0.15) is 0 Å². The van der Waals surface area contributed by atoms with Crippen LogP contribution in [0.3, 0.4) is 0 Å². The maximum atomic E-state index is 4.40. The number of nitrogens with zero attached hydrogens (tertiary/aromatic N) is 2. The van der Waals surface area contributed by atoms with E-state index in [0.717, 1.165) is 19.0 Å². The molecule has 1 heterocycles. The Bertz CT molecular complexity index is 318. The van der Waals surface area contributed by atoms with Crippen LogP contribution in [0.25, 0.3) is 0 Å². The number of aromatic nitrogens is 2. The van der Waals surface area contributed by atoms with E-state index in [1.54, 1.807) is 0 Å². The van der Waals surface area contributed by atoms with Gasteiger partial charge in [-0.1, -0.05) is 26.7 Å². The SMILES string of the molecule is CCC(CC)CNCc1cnn(C(C)(C)C)c1. The molecular weight excluding hydrogens is 210 g/mol. The Kier molecular flexibility index (Phi) is 5.19. The lowest BCUT2D eigenvalue weighted by Crippen LogP contribution is -2.23. The molecule has 0 amide bonds. The Labute approximate surface area is 106 Å². The van der Waals surface area contributed by atoms with Crippen LogP contribution in [0.1, 0.15) is 53.0 Å². The van der Waals surface area contributed by atoms with E-state index in [1.165, 1.54) is 18.4 Å². The Morgan fingerprint density at radius 2 is 1.94 bits per heavy atom. The van der Waals surface area contributed by atoms with Crippen LogP contribution in [-0.2, 0) is 12.1 Å². The summed E-state index contributed by atoms with van der Waals surface area (Å²) in [6.07, 6.45) is 6.61. The van der Waals surface area contributed by atoms with Gasteiger partial charge in [0.15, 0.2) is 0 Å². The highest BCUT2D eigenvalue weighted by Gasteiger charge is 2.13. The van der Waals surface area contributed by atoms with Gasteiger partial charge < -0.3 is 5.32 Å². The van der Waals surface area contributed by atoms with E-state index in [0.29, 0.717) is 0 Å². The molecule has 0 aromatic carbocycles. The summed E-state index contributed by atoms with van der Waals surface area (Å²) in [6.45, 7) is 13.0. The van der Waals surface area contributed by atoms with E-state index >= 15 is 0 Å². The number of rotatable bonds is 6. The smallest absolute Gasteiger partial charge is 0.0543 e. The maximum Gasteiger partial charge on any atom is 0.0543 e. The van der Waals surface area contributed by atoms with Crippen LogP contribution in [0.2, 0.25) is 0 Å². The van der Waals surface area contributed by atoms with E-state index in [1.807, 2.05) is 10.9 Å². The fraction of sp³-hybridized carbons (Fsp3) is 0.786. The normalized spacial score (nSPS) is 12.4. The molecule has 0 unspecified atom stereocenters. The third-order valence-electron chi connectivity index (χ3n) is 3.24. The quantitative estimate of drug-likeness (QED) is 0.823. The summed E-state index contributed by atoms with van der Waals surface area (Å²) in [7, 11) is 0. The molecule has 1 N–H and O–H groups in total. The molecule has 1 rings (SSSR count). The van der Waals surface area contributed by atoms with Crippen LogP contribution < -0.4 is 5.32 Å². The predicted octanol–water partition coefficient (Wildman–Crippen LogP) is 3.16. The average Bonchev–Trinajstić information content (AvgIpc) is 2.73. The van der Waals surface area contributed by atoms with Gasteiger partial charge in [0.05, 0.1) is 11.7 Å². The molecule has 0 aliphatic carbocycles. The van der Waals surface area contributed by atoms with E-state index in [2.05, 4.69) is 51.2 Å². The van der Waals surface area contributed by atoms with Crippen molar-refractivity contribution in [3.8, 4) is 0 Å². The fourth-order valence-electron chi connectivity index (χ4n) is 1.82. The van der Waals surface area contributed by atoms with Gasteiger partial charge in [0, 0.05) is 18.3 Å². The molecular formula is C14H27N3. The van der Waals surface area contributed by atoms with E-state index < -0.39 is 0 Å². The van der Waals surface area contributed by atoms with Crippen molar-refractivity contribution >= 4 is 0 Å². The number of nitrogens with one attached hydrogen (secondary N) is 1. The van der Waals surface area contributed by atoms with Crippen LogP contribution in [0.15, 0.2) is 12.4 Å². The van der Waals surface area contributed by atoms with Crippen molar-refractivity contribution in [2.75, 3.05) is 6.54 Å². The molecule has 0 aliphatic rings. The first-order chi connectivity index (χ1) is 7.97. The minimum Gasteiger partial charge on any atom is -0.312 e. The molecule has 0 radical (unpaired) electrons. The summed E-state index contributed by atoms with van der Waals surface area (Å²) >= 11 is 0. The van der Waals surface area contributed by atoms with E-state index in [4.69, 9.17) is 0 Å². The first-order valence-corrected chi connectivity index (χ1v) is 6.72. The van der Waals surface area contributed by atoms with Gasteiger partial charge >= 0.3 is 0 Å². The Morgan fingerprint density at radius 3 is 2.41 bits per heavy atom. The van der Waals surface area contributed by atoms with Crippen molar-refractivity contribution in [1.82, 2.24) is 15.1 Å². The largest absolute Gasteiger partial charge is 0.312 e. The zero-order valence-corrected chi connectivity index (χ0v) is 12.0. The number of hydrogen-bond donors (Lipinski definition) is 1. The number of hydrogen-bond acceptors (Lipinski definition) is 2. The summed E-state index contributed by atoms with van der Waals surface area (Å²) in [5, 5.41) is 7.92. The van der Waals surface area contributed by atoms with Gasteiger partial charge in [-0.05, 0) is 33.2 Å². The second kappa shape index (κ2) is 6.20. The Morgan fingerprint density at radius 1 is 1.29 bits per heavy atom. The monoisotopic (exact) mass is 237 g/mol. The van der Waals surface area contributed by atoms with Crippen molar-refractivity contribution in [2.24, 2.45) is 5.92 Å². The highest BCUT2D eigenvalue weighted by atomic mass is 15.3. The molecule has 0 spiro atoms. The minimum absolute atomic E-state index is 0.0770. The predicted molar refractivity (Wildman–Crippen MR) is 73.0 cm³/mol. The summed E-state index contributed by atoms with van der Waals surface area (Å²) < 4.78 is 2.03. The highest BCUT2D eigenvalue weighted by Crippen LogP contribution is 2.13. The van der Waals surface area contributed by atoms with Crippen molar-refractivity contribution in [3.05, 3.63) is 18.0 Å². The lowest BCUT2D eigenvalue weighted by Gasteiger charge is -2.18. The molecule has 17 heavy (non-hydrogen) atoms. The van der Waals surface area contributed by atoms with Crippen LogP contribution in [0.4, 0.5) is 0 Å². The Hall–Kier alpha value is -0.830. The molecule has 98 valence electrons. The molecule has 0 atom stereocenters. The first-order valence-electron chi connectivity index (χ1n) is 6.72. The molecule has 0 fully saturated rings. The molecule has 3 nitrogen and oxygen atoms in total. The lowest BCUT2D eigenvalue weighted by atomic mass is 10.0. The lowest BCUT2D eigenvalue weighted by molar-refractivity contribution is 0.355. The molecule has 1 aromatic rings. The van der Waals surface area contributed by atoms with E-state index in [9.17, 15) is 0 Å². The van der Waals surface area contributed by atoms with Gasteiger partial charge in [-0.15, -0.1) is 0 Å². The third-order valence-corrected chi connectivity index (χ3v) is 3.24. The minimum atomic E-state index is 0.0770. The highest BCUT2D eigenvalue weighted by molar-refractivity contribution is 5.04. The first kappa shape index (κ1) is 14.2. The summed E-state index contributed by atoms with van der Waals surface area (Å²) in [5.41, 5.74) is 1.35. The van der Waals surface area contributed by atoms with Crippen molar-refractivity contribution in [1.29, 1.82) is 0 Å². The maximum absolute atomic E-state index is 4.40. The van der Waals surface area contributed by atoms with Gasteiger partial charge in [0.25, 0.3) is 0 Å². The molecule has 3 heteroatoms. The zero-order chi connectivity index (χ0) is 12.9. The standard InChI is InChI=1S/C14H27N3/c1-6-12(7-2)8-15-9-13-10-16-17(11-13)14(3,4)5/h10-12,15H,6-9H2,1-5H3. The van der Waals surface area contributed by atoms with Crippen LogP contribution in [-0.4, -0.2) is 16.3 Å². The topological polar surface area (TPSA) is 29.9 Å². The molecule has 0 saturated heterocycles. The Balaban J connectivity index is 2.40. The van der Waals surface area contributed by atoms with Crippen LogP contribution in [0, 0.1) is 5.92 Å². The average molecular weight is 237 g/mol. The second-order valence-electron chi connectivity index (χ2n) is 5.78. The summed E-state index contributed by atoms with van der Waals surface area (Å²) in [4.78, 5) is 0. The van der Waals surface area contributed by atoms with Gasteiger partial charge in [0.2, 0.25) is 0 Å². The van der Waals surface area contributed by atoms with Crippen LogP contribution in [0.5, 0.6) is 0 Å². The summed E-state index contributed by atoms with van der Waals surface area (Å²) in [6, 6.07) is 0. The van der Waals surface area contributed by atoms with Crippen molar-refractivity contribution in [3.63, 3.8) is 0 Å². The fourth-order valence-corrected chi connectivity index (χ4v) is 1.82. The van der Waals surface area contributed by atoms with Gasteiger partial charge in [-0.2, -0.15) is 5.10 Å². The zero-order valence-electron chi connectivity index (χ0n) is 12.0. The molecule has 1 aromatic heterocycles. The molecule has 0 saturated carbocycles. The van der Waals surface area contributed by atoms with Crippen molar-refractivity contribution in [2.45, 2.75) is 59.5 Å². The third kappa shape index (κ3) is 4.50.